The average Bonchev–Trinajstić information content (AvgIpc) is 2.91. The van der Waals surface area contributed by atoms with Crippen LogP contribution in [0.15, 0.2) is 18.3 Å². The van der Waals surface area contributed by atoms with Crippen LogP contribution in [0, 0.1) is 0 Å². The molecule has 0 spiro atoms. The lowest BCUT2D eigenvalue weighted by Gasteiger charge is -2.16. The fourth-order valence-corrected chi connectivity index (χ4v) is 2.18. The number of nitrogens with zero attached hydrogens (tertiary/aromatic N) is 2. The van der Waals surface area contributed by atoms with Crippen molar-refractivity contribution in [1.82, 2.24) is 4.98 Å². The van der Waals surface area contributed by atoms with Gasteiger partial charge in [-0.1, -0.05) is 0 Å². The smallest absolute Gasteiger partial charge is 0.224 e. The van der Waals surface area contributed by atoms with Crippen LogP contribution in [0.2, 0.25) is 0 Å². The number of amides is 1. The van der Waals surface area contributed by atoms with Gasteiger partial charge >= 0.3 is 0 Å². The second-order valence-corrected chi connectivity index (χ2v) is 5.16. The Bertz CT molecular complexity index is 419. The van der Waals surface area contributed by atoms with E-state index >= 15 is 0 Å². The van der Waals surface area contributed by atoms with E-state index in [1.165, 1.54) is 12.8 Å². The van der Waals surface area contributed by atoms with E-state index in [4.69, 9.17) is 5.73 Å². The Morgan fingerprint density at radius 3 is 2.57 bits per heavy atom. The van der Waals surface area contributed by atoms with Gasteiger partial charge in [0.25, 0.3) is 0 Å². The zero-order valence-electron chi connectivity index (χ0n) is 12.2. The van der Waals surface area contributed by atoms with Gasteiger partial charge in [-0.25, -0.2) is 4.98 Å². The van der Waals surface area contributed by atoms with Crippen molar-refractivity contribution in [2.24, 2.45) is 5.73 Å². The van der Waals surface area contributed by atoms with Crippen LogP contribution in [0.1, 0.15) is 32.6 Å². The predicted octanol–water partition coefficient (Wildman–Crippen LogP) is 2.59. The summed E-state index contributed by atoms with van der Waals surface area (Å²) >= 11 is 0. The standard InChI is InChI=1S/C14H22N4O.2ClH/c1-11(15)4-7-14(19)17-12-5-6-13(16-10-12)18-8-2-3-9-18;;/h5-6,10-11H,2-4,7-9,15H2,1H3,(H,17,19);2*1H. The average molecular weight is 335 g/mol. The fourth-order valence-electron chi connectivity index (χ4n) is 2.18. The van der Waals surface area contributed by atoms with Gasteiger partial charge < -0.3 is 16.0 Å². The topological polar surface area (TPSA) is 71.2 Å². The molecule has 7 heteroatoms. The van der Waals surface area contributed by atoms with Crippen LogP contribution < -0.4 is 16.0 Å². The van der Waals surface area contributed by atoms with Gasteiger partial charge in [0.15, 0.2) is 0 Å². The van der Waals surface area contributed by atoms with E-state index < -0.39 is 0 Å². The first kappa shape index (κ1) is 20.0. The van der Waals surface area contributed by atoms with Crippen LogP contribution in [0.4, 0.5) is 11.5 Å². The molecule has 1 aromatic heterocycles. The lowest BCUT2D eigenvalue weighted by Crippen LogP contribution is -2.20. The SMILES string of the molecule is CC(N)CCC(=O)Nc1ccc(N2CCCC2)nc1.Cl.Cl. The molecule has 1 atom stereocenters. The van der Waals surface area contributed by atoms with E-state index in [0.717, 1.165) is 24.6 Å². The minimum Gasteiger partial charge on any atom is -0.357 e. The van der Waals surface area contributed by atoms with Gasteiger partial charge in [-0.05, 0) is 38.3 Å². The van der Waals surface area contributed by atoms with Gasteiger partial charge in [-0.2, -0.15) is 0 Å². The van der Waals surface area contributed by atoms with E-state index in [0.29, 0.717) is 12.8 Å². The maximum Gasteiger partial charge on any atom is 0.224 e. The molecule has 3 N–H and O–H groups in total. The summed E-state index contributed by atoms with van der Waals surface area (Å²) in [5.74, 6) is 0.985. The molecule has 1 aliphatic rings. The van der Waals surface area contributed by atoms with Crippen LogP contribution in [-0.2, 0) is 4.79 Å². The largest absolute Gasteiger partial charge is 0.357 e. The minimum absolute atomic E-state index is 0. The summed E-state index contributed by atoms with van der Waals surface area (Å²) in [6.45, 7) is 4.06. The number of carbonyl (C=O) groups excluding carboxylic acids is 1. The summed E-state index contributed by atoms with van der Waals surface area (Å²) in [4.78, 5) is 18.3. The summed E-state index contributed by atoms with van der Waals surface area (Å²) in [5.41, 5.74) is 6.37. The highest BCUT2D eigenvalue weighted by molar-refractivity contribution is 5.90. The Morgan fingerprint density at radius 2 is 2.05 bits per heavy atom. The van der Waals surface area contributed by atoms with E-state index in [1.54, 1.807) is 6.20 Å². The van der Waals surface area contributed by atoms with Crippen LogP contribution in [-0.4, -0.2) is 30.0 Å². The second-order valence-electron chi connectivity index (χ2n) is 5.16. The normalized spacial score (nSPS) is 14.9. The van der Waals surface area contributed by atoms with Crippen molar-refractivity contribution in [3.05, 3.63) is 18.3 Å². The number of nitrogens with two attached hydrogens (primary N) is 1. The molecule has 0 bridgehead atoms. The van der Waals surface area contributed by atoms with Crippen molar-refractivity contribution in [2.45, 2.75) is 38.6 Å². The van der Waals surface area contributed by atoms with Gasteiger partial charge in [-0.3, -0.25) is 4.79 Å². The lowest BCUT2D eigenvalue weighted by atomic mass is 10.2. The van der Waals surface area contributed by atoms with Gasteiger partial charge in [-0.15, -0.1) is 24.8 Å². The highest BCUT2D eigenvalue weighted by atomic mass is 35.5. The predicted molar refractivity (Wildman–Crippen MR) is 91.7 cm³/mol. The van der Waals surface area contributed by atoms with Crippen LogP contribution in [0.25, 0.3) is 0 Å². The van der Waals surface area contributed by atoms with Crippen LogP contribution >= 0.6 is 24.8 Å². The minimum atomic E-state index is -0.00646. The number of halogens is 2. The van der Waals surface area contributed by atoms with E-state index in [2.05, 4.69) is 15.2 Å². The number of hydrogen-bond donors (Lipinski definition) is 2. The molecule has 1 aliphatic heterocycles. The first-order valence-electron chi connectivity index (χ1n) is 6.91. The number of carbonyl (C=O) groups is 1. The highest BCUT2D eigenvalue weighted by Gasteiger charge is 2.13. The molecule has 1 amide bonds. The van der Waals surface area contributed by atoms with Crippen molar-refractivity contribution in [2.75, 3.05) is 23.3 Å². The molecule has 21 heavy (non-hydrogen) atoms. The van der Waals surface area contributed by atoms with Crippen LogP contribution in [0.5, 0.6) is 0 Å². The van der Waals surface area contributed by atoms with E-state index in [9.17, 15) is 4.79 Å². The lowest BCUT2D eigenvalue weighted by molar-refractivity contribution is -0.116. The summed E-state index contributed by atoms with van der Waals surface area (Å²) in [5, 5.41) is 2.84. The molecule has 0 saturated carbocycles. The number of nitrogens with one attached hydrogen (secondary N) is 1. The Balaban J connectivity index is 0.00000200. The summed E-state index contributed by atoms with van der Waals surface area (Å²) in [6, 6.07) is 3.93. The third-order valence-corrected chi connectivity index (χ3v) is 3.29. The van der Waals surface area contributed by atoms with Crippen molar-refractivity contribution in [3.63, 3.8) is 0 Å². The molecule has 1 saturated heterocycles. The van der Waals surface area contributed by atoms with Crippen LogP contribution in [0.3, 0.4) is 0 Å². The Morgan fingerprint density at radius 1 is 1.38 bits per heavy atom. The molecule has 1 fully saturated rings. The van der Waals surface area contributed by atoms with E-state index in [-0.39, 0.29) is 36.8 Å². The number of rotatable bonds is 5. The third-order valence-electron chi connectivity index (χ3n) is 3.29. The summed E-state index contributed by atoms with van der Waals surface area (Å²) in [7, 11) is 0. The molecule has 0 aromatic carbocycles. The maximum atomic E-state index is 11.7. The molecular weight excluding hydrogens is 311 g/mol. The van der Waals surface area contributed by atoms with Gasteiger partial charge in [0.1, 0.15) is 5.82 Å². The van der Waals surface area contributed by atoms with Crippen molar-refractivity contribution in [3.8, 4) is 0 Å². The molecule has 1 aromatic rings. The van der Waals surface area contributed by atoms with Gasteiger partial charge in [0.2, 0.25) is 5.91 Å². The fraction of sp³-hybridized carbons (Fsp3) is 0.571. The summed E-state index contributed by atoms with van der Waals surface area (Å²) in [6.07, 6.45) is 5.34. The highest BCUT2D eigenvalue weighted by Crippen LogP contribution is 2.19. The molecule has 120 valence electrons. The summed E-state index contributed by atoms with van der Waals surface area (Å²) < 4.78 is 0. The number of anilines is 2. The van der Waals surface area contributed by atoms with Gasteiger partial charge in [0, 0.05) is 25.6 Å². The molecule has 2 rings (SSSR count). The number of pyridine rings is 1. The zero-order valence-corrected chi connectivity index (χ0v) is 13.9. The first-order valence-corrected chi connectivity index (χ1v) is 6.91. The molecule has 0 radical (unpaired) electrons. The van der Waals surface area contributed by atoms with Crippen molar-refractivity contribution >= 4 is 42.2 Å². The van der Waals surface area contributed by atoms with Crippen molar-refractivity contribution in [1.29, 1.82) is 0 Å². The first-order chi connectivity index (χ1) is 9.15. The second kappa shape index (κ2) is 9.82. The zero-order chi connectivity index (χ0) is 13.7. The maximum absolute atomic E-state index is 11.7. The van der Waals surface area contributed by atoms with Gasteiger partial charge in [0.05, 0.1) is 11.9 Å². The monoisotopic (exact) mass is 334 g/mol. The quantitative estimate of drug-likeness (QED) is 0.868. The molecule has 5 nitrogen and oxygen atoms in total. The van der Waals surface area contributed by atoms with E-state index in [1.807, 2.05) is 19.1 Å². The third kappa shape index (κ3) is 6.50. The Labute approximate surface area is 138 Å². The number of aromatic nitrogens is 1. The molecule has 2 heterocycles. The molecule has 0 aliphatic carbocycles. The van der Waals surface area contributed by atoms with Crippen molar-refractivity contribution < 1.29 is 4.79 Å². The molecular formula is C14H24Cl2N4O. The Hall–Kier alpha value is -1.04. The molecule has 1 unspecified atom stereocenters. The Kier molecular flexibility index (Phi) is 9.33. The number of hydrogen-bond acceptors (Lipinski definition) is 4.